The minimum absolute atomic E-state index is 0.0211. The van der Waals surface area contributed by atoms with E-state index in [2.05, 4.69) is 14.7 Å². The van der Waals surface area contributed by atoms with E-state index in [1.54, 1.807) is 12.3 Å². The van der Waals surface area contributed by atoms with Gasteiger partial charge in [-0.2, -0.15) is 0 Å². The number of ether oxygens (including phenoxy) is 3. The lowest BCUT2D eigenvalue weighted by Crippen LogP contribution is -2.17. The average Bonchev–Trinajstić information content (AvgIpc) is 3.19. The van der Waals surface area contributed by atoms with Crippen LogP contribution in [0.3, 0.4) is 0 Å². The molecular formula is C25H21F3N2O5. The molecule has 2 aromatic carbocycles. The molecular weight excluding hydrogens is 465 g/mol. The van der Waals surface area contributed by atoms with Gasteiger partial charge in [0, 0.05) is 23.6 Å². The second-order valence-electron chi connectivity index (χ2n) is 7.44. The number of alkyl halides is 3. The smallest absolute Gasteiger partial charge is 0.494 e. The first-order valence-electron chi connectivity index (χ1n) is 10.7. The number of hydrogen-bond acceptors (Lipinski definition) is 5. The van der Waals surface area contributed by atoms with Gasteiger partial charge in [0.1, 0.15) is 22.9 Å². The van der Waals surface area contributed by atoms with Gasteiger partial charge in [-0.15, -0.1) is 13.2 Å². The molecule has 0 unspecified atom stereocenters. The molecule has 7 nitrogen and oxygen atoms in total. The Kier molecular flexibility index (Phi) is 6.81. The standard InChI is InChI=1S/C25H21F3N2O5/c1-2-33-18-5-3-4-15(14-18)21-22-19(10-12-29-21)20(23(30-22)24(31)32)11-13-34-16-6-8-17(9-7-16)35-25(26,27)28/h3-10,12,14,30H,2,11,13H2,1H3,(H,31,32). The Bertz CT molecular complexity index is 1330. The van der Waals surface area contributed by atoms with E-state index in [9.17, 15) is 23.1 Å². The second-order valence-corrected chi connectivity index (χ2v) is 7.44. The number of nitrogens with one attached hydrogen (secondary N) is 1. The average molecular weight is 486 g/mol. The van der Waals surface area contributed by atoms with Crippen molar-refractivity contribution in [2.75, 3.05) is 13.2 Å². The van der Waals surface area contributed by atoms with E-state index in [0.717, 1.165) is 17.7 Å². The van der Waals surface area contributed by atoms with Gasteiger partial charge in [0.15, 0.2) is 0 Å². The number of carboxylic acid groups (broad SMARTS) is 1. The van der Waals surface area contributed by atoms with Gasteiger partial charge in [0.25, 0.3) is 0 Å². The zero-order chi connectivity index (χ0) is 25.0. The zero-order valence-electron chi connectivity index (χ0n) is 18.6. The van der Waals surface area contributed by atoms with Gasteiger partial charge in [0.2, 0.25) is 0 Å². The van der Waals surface area contributed by atoms with Crippen molar-refractivity contribution in [1.29, 1.82) is 0 Å². The van der Waals surface area contributed by atoms with Crippen LogP contribution in [0.2, 0.25) is 0 Å². The Morgan fingerprint density at radius 3 is 2.46 bits per heavy atom. The number of nitrogens with zero attached hydrogens (tertiary/aromatic N) is 1. The van der Waals surface area contributed by atoms with Crippen molar-refractivity contribution in [2.24, 2.45) is 0 Å². The van der Waals surface area contributed by atoms with E-state index in [1.165, 1.54) is 12.1 Å². The summed E-state index contributed by atoms with van der Waals surface area (Å²) in [7, 11) is 0. The molecule has 0 aliphatic rings. The molecule has 10 heteroatoms. The molecule has 4 aromatic rings. The summed E-state index contributed by atoms with van der Waals surface area (Å²) in [6, 6.07) is 14.1. The molecule has 182 valence electrons. The number of aromatic carboxylic acids is 1. The molecule has 0 amide bonds. The Balaban J connectivity index is 1.57. The number of benzene rings is 2. The number of halogens is 3. The zero-order valence-corrected chi connectivity index (χ0v) is 18.6. The molecule has 2 aromatic heterocycles. The van der Waals surface area contributed by atoms with Crippen molar-refractivity contribution < 1.29 is 37.3 Å². The van der Waals surface area contributed by atoms with Crippen LogP contribution in [-0.4, -0.2) is 40.6 Å². The quantitative estimate of drug-likeness (QED) is 0.308. The summed E-state index contributed by atoms with van der Waals surface area (Å²) in [5.74, 6) is -0.484. The van der Waals surface area contributed by atoms with Gasteiger partial charge in [-0.05, 0) is 55.0 Å². The third-order valence-corrected chi connectivity index (χ3v) is 5.14. The molecule has 2 heterocycles. The highest BCUT2D eigenvalue weighted by Crippen LogP contribution is 2.32. The van der Waals surface area contributed by atoms with Crippen molar-refractivity contribution in [2.45, 2.75) is 19.7 Å². The van der Waals surface area contributed by atoms with E-state index in [-0.39, 0.29) is 24.5 Å². The molecule has 2 N–H and O–H groups in total. The number of aromatic amines is 1. The van der Waals surface area contributed by atoms with Gasteiger partial charge in [-0.25, -0.2) is 4.79 Å². The van der Waals surface area contributed by atoms with Crippen molar-refractivity contribution in [1.82, 2.24) is 9.97 Å². The Morgan fingerprint density at radius 2 is 1.77 bits per heavy atom. The summed E-state index contributed by atoms with van der Waals surface area (Å²) in [4.78, 5) is 19.4. The largest absolute Gasteiger partial charge is 0.573 e. The molecule has 0 saturated carbocycles. The van der Waals surface area contributed by atoms with Crippen molar-refractivity contribution in [3.05, 3.63) is 72.1 Å². The lowest BCUT2D eigenvalue weighted by Gasteiger charge is -2.10. The van der Waals surface area contributed by atoms with Gasteiger partial charge in [-0.3, -0.25) is 4.98 Å². The topological polar surface area (TPSA) is 93.7 Å². The van der Waals surface area contributed by atoms with E-state index in [1.807, 2.05) is 31.2 Å². The fourth-order valence-electron chi connectivity index (χ4n) is 3.74. The number of fused-ring (bicyclic) bond motifs is 1. The number of pyridine rings is 1. The van der Waals surface area contributed by atoms with Crippen LogP contribution in [0.5, 0.6) is 17.2 Å². The number of H-pyrrole nitrogens is 1. The molecule has 0 bridgehead atoms. The van der Waals surface area contributed by atoms with Gasteiger partial charge < -0.3 is 24.3 Å². The van der Waals surface area contributed by atoms with Crippen LogP contribution in [-0.2, 0) is 6.42 Å². The third-order valence-electron chi connectivity index (χ3n) is 5.14. The van der Waals surface area contributed by atoms with E-state index in [4.69, 9.17) is 9.47 Å². The minimum atomic E-state index is -4.77. The summed E-state index contributed by atoms with van der Waals surface area (Å²) in [5.41, 5.74) is 2.48. The molecule has 0 saturated heterocycles. The highest BCUT2D eigenvalue weighted by atomic mass is 19.4. The van der Waals surface area contributed by atoms with Gasteiger partial charge in [0.05, 0.1) is 24.4 Å². The number of hydrogen-bond donors (Lipinski definition) is 2. The van der Waals surface area contributed by atoms with Crippen LogP contribution in [0, 0.1) is 0 Å². The maximum atomic E-state index is 12.3. The fourth-order valence-corrected chi connectivity index (χ4v) is 3.74. The van der Waals surface area contributed by atoms with Crippen molar-refractivity contribution in [3.63, 3.8) is 0 Å². The third kappa shape index (κ3) is 5.65. The van der Waals surface area contributed by atoms with Crippen LogP contribution in [0.1, 0.15) is 23.0 Å². The minimum Gasteiger partial charge on any atom is -0.494 e. The molecule has 0 fully saturated rings. The first kappa shape index (κ1) is 23.9. The Hall–Kier alpha value is -4.21. The summed E-state index contributed by atoms with van der Waals surface area (Å²) in [5, 5.41) is 10.5. The van der Waals surface area contributed by atoms with Crippen LogP contribution >= 0.6 is 0 Å². The molecule has 0 radical (unpaired) electrons. The van der Waals surface area contributed by atoms with Crippen LogP contribution in [0.25, 0.3) is 22.2 Å². The maximum Gasteiger partial charge on any atom is 0.573 e. The number of carboxylic acids is 1. The molecule has 4 rings (SSSR count). The first-order chi connectivity index (χ1) is 16.7. The summed E-state index contributed by atoms with van der Waals surface area (Å²) >= 11 is 0. The number of rotatable bonds is 9. The summed E-state index contributed by atoms with van der Waals surface area (Å²) in [6.45, 7) is 2.49. The van der Waals surface area contributed by atoms with Gasteiger partial charge in [-0.1, -0.05) is 12.1 Å². The molecule has 0 aliphatic heterocycles. The lowest BCUT2D eigenvalue weighted by molar-refractivity contribution is -0.274. The second kappa shape index (κ2) is 9.96. The first-order valence-corrected chi connectivity index (χ1v) is 10.7. The highest BCUT2D eigenvalue weighted by Gasteiger charge is 2.31. The van der Waals surface area contributed by atoms with Crippen LogP contribution in [0.15, 0.2) is 60.8 Å². The van der Waals surface area contributed by atoms with Crippen molar-refractivity contribution >= 4 is 16.9 Å². The van der Waals surface area contributed by atoms with Crippen LogP contribution in [0.4, 0.5) is 13.2 Å². The van der Waals surface area contributed by atoms with E-state index >= 15 is 0 Å². The predicted molar refractivity (Wildman–Crippen MR) is 122 cm³/mol. The Morgan fingerprint density at radius 1 is 1.03 bits per heavy atom. The molecule has 35 heavy (non-hydrogen) atoms. The maximum absolute atomic E-state index is 12.3. The molecule has 0 aliphatic carbocycles. The lowest BCUT2D eigenvalue weighted by atomic mass is 10.0. The number of carbonyl (C=O) groups is 1. The van der Waals surface area contributed by atoms with E-state index in [0.29, 0.717) is 40.3 Å². The fraction of sp³-hybridized carbons (Fsp3) is 0.200. The predicted octanol–water partition coefficient (Wildman–Crippen LogP) is 5.85. The van der Waals surface area contributed by atoms with Crippen molar-refractivity contribution in [3.8, 4) is 28.5 Å². The SMILES string of the molecule is CCOc1cccc(-c2nccc3c(CCOc4ccc(OC(F)(F)F)cc4)c(C(=O)O)[nH]c23)c1. The Labute approximate surface area is 198 Å². The molecule has 0 spiro atoms. The van der Waals surface area contributed by atoms with E-state index < -0.39 is 12.3 Å². The number of aromatic nitrogens is 2. The monoisotopic (exact) mass is 486 g/mol. The summed E-state index contributed by atoms with van der Waals surface area (Å²) in [6.07, 6.45) is -2.93. The summed E-state index contributed by atoms with van der Waals surface area (Å²) < 4.78 is 52.0. The highest BCUT2D eigenvalue weighted by molar-refractivity contribution is 6.01. The van der Waals surface area contributed by atoms with Crippen LogP contribution < -0.4 is 14.2 Å². The molecule has 0 atom stereocenters. The normalized spacial score (nSPS) is 11.4. The van der Waals surface area contributed by atoms with Gasteiger partial charge >= 0.3 is 12.3 Å².